The largest absolute Gasteiger partial charge is 0.484 e. The van der Waals surface area contributed by atoms with E-state index in [-0.39, 0.29) is 30.3 Å². The highest BCUT2D eigenvalue weighted by molar-refractivity contribution is 6.27. The first kappa shape index (κ1) is 17.6. The maximum Gasteiger partial charge on any atom is 0.258 e. The molecule has 0 spiro atoms. The van der Waals surface area contributed by atoms with Crippen LogP contribution in [0.4, 0.5) is 0 Å². The fourth-order valence-corrected chi connectivity index (χ4v) is 2.75. The Hall–Kier alpha value is -1.75. The number of carbonyl (C=O) groups excluding carboxylic acids is 2. The number of hydrogen-bond acceptors (Lipinski definition) is 3. The van der Waals surface area contributed by atoms with Crippen LogP contribution in [0.25, 0.3) is 0 Å². The lowest BCUT2D eigenvalue weighted by molar-refractivity contribution is -0.129. The average molecular weight is 339 g/mol. The van der Waals surface area contributed by atoms with Crippen LogP contribution in [0.5, 0.6) is 5.75 Å². The lowest BCUT2D eigenvalue weighted by atomic mass is 10.1. The number of hydrogen-bond donors (Lipinski definition) is 1. The molecule has 0 saturated carbocycles. The Morgan fingerprint density at radius 1 is 1.26 bits per heavy atom. The van der Waals surface area contributed by atoms with Gasteiger partial charge in [0.25, 0.3) is 5.91 Å². The average Bonchev–Trinajstić information content (AvgIpc) is 2.56. The van der Waals surface area contributed by atoms with E-state index in [9.17, 15) is 9.59 Å². The molecular formula is C17H23ClN2O3. The Morgan fingerprint density at radius 2 is 1.96 bits per heavy atom. The van der Waals surface area contributed by atoms with Crippen molar-refractivity contribution in [2.24, 2.45) is 0 Å². The van der Waals surface area contributed by atoms with E-state index in [1.165, 1.54) is 5.56 Å². The number of amides is 2. The number of aryl methyl sites for hydroxylation is 2. The van der Waals surface area contributed by atoms with Gasteiger partial charge in [-0.25, -0.2) is 0 Å². The van der Waals surface area contributed by atoms with Crippen LogP contribution in [0.15, 0.2) is 18.2 Å². The minimum Gasteiger partial charge on any atom is -0.484 e. The van der Waals surface area contributed by atoms with E-state index in [1.807, 2.05) is 32.0 Å². The fourth-order valence-electron chi connectivity index (χ4n) is 2.58. The minimum absolute atomic E-state index is 0.00330. The first-order valence-corrected chi connectivity index (χ1v) is 8.36. The summed E-state index contributed by atoms with van der Waals surface area (Å²) in [6, 6.07) is 5.86. The van der Waals surface area contributed by atoms with Gasteiger partial charge in [0, 0.05) is 19.1 Å². The van der Waals surface area contributed by atoms with Crippen molar-refractivity contribution in [3.05, 3.63) is 29.3 Å². The van der Waals surface area contributed by atoms with Crippen molar-refractivity contribution in [3.8, 4) is 5.75 Å². The molecule has 1 aliphatic heterocycles. The minimum atomic E-state index is -0.134. The van der Waals surface area contributed by atoms with Gasteiger partial charge >= 0.3 is 0 Å². The number of benzene rings is 1. The van der Waals surface area contributed by atoms with Gasteiger partial charge < -0.3 is 15.0 Å². The standard InChI is InChI=1S/C17H23ClN2O3/c1-12-3-4-15(9-13(12)2)23-11-16(21)19-14-5-7-20(8-6-14)17(22)10-18/h3-4,9,14H,5-8,10-11H2,1-2H3,(H,19,21). The van der Waals surface area contributed by atoms with Crippen LogP contribution >= 0.6 is 11.6 Å². The zero-order valence-corrected chi connectivity index (χ0v) is 14.4. The number of carbonyl (C=O) groups is 2. The molecule has 0 radical (unpaired) electrons. The number of halogens is 1. The molecule has 1 heterocycles. The summed E-state index contributed by atoms with van der Waals surface area (Å²) in [4.78, 5) is 25.2. The van der Waals surface area contributed by atoms with Gasteiger partial charge in [-0.3, -0.25) is 9.59 Å². The van der Waals surface area contributed by atoms with E-state index < -0.39 is 0 Å². The smallest absolute Gasteiger partial charge is 0.258 e. The number of piperidine rings is 1. The Labute approximate surface area is 141 Å². The molecule has 2 rings (SSSR count). The number of likely N-dealkylation sites (tertiary alicyclic amines) is 1. The molecule has 5 nitrogen and oxygen atoms in total. The van der Waals surface area contributed by atoms with Crippen molar-refractivity contribution in [3.63, 3.8) is 0 Å². The Morgan fingerprint density at radius 3 is 2.57 bits per heavy atom. The second-order valence-electron chi connectivity index (χ2n) is 5.89. The van der Waals surface area contributed by atoms with E-state index in [2.05, 4.69) is 5.32 Å². The van der Waals surface area contributed by atoms with Gasteiger partial charge in [0.15, 0.2) is 6.61 Å². The van der Waals surface area contributed by atoms with Crippen molar-refractivity contribution in [2.45, 2.75) is 32.7 Å². The number of nitrogens with zero attached hydrogens (tertiary/aromatic N) is 1. The highest BCUT2D eigenvalue weighted by atomic mass is 35.5. The molecule has 6 heteroatoms. The second-order valence-corrected chi connectivity index (χ2v) is 6.16. The summed E-state index contributed by atoms with van der Waals surface area (Å²) in [6.45, 7) is 5.32. The third-order valence-corrected chi connectivity index (χ3v) is 4.40. The summed E-state index contributed by atoms with van der Waals surface area (Å²) in [5.74, 6) is 0.534. The molecule has 0 aliphatic carbocycles. The van der Waals surface area contributed by atoms with E-state index in [0.717, 1.165) is 18.4 Å². The maximum absolute atomic E-state index is 12.0. The highest BCUT2D eigenvalue weighted by Crippen LogP contribution is 2.16. The van der Waals surface area contributed by atoms with Gasteiger partial charge in [0.2, 0.25) is 5.91 Å². The monoisotopic (exact) mass is 338 g/mol. The van der Waals surface area contributed by atoms with Gasteiger partial charge in [0.05, 0.1) is 0 Å². The van der Waals surface area contributed by atoms with Gasteiger partial charge in [-0.15, -0.1) is 11.6 Å². The van der Waals surface area contributed by atoms with Gasteiger partial charge in [-0.1, -0.05) is 6.07 Å². The first-order valence-electron chi connectivity index (χ1n) is 7.82. The molecule has 23 heavy (non-hydrogen) atoms. The Kier molecular flexibility index (Phi) is 6.28. The summed E-state index contributed by atoms with van der Waals surface area (Å²) in [7, 11) is 0. The van der Waals surface area contributed by atoms with E-state index in [0.29, 0.717) is 18.8 Å². The highest BCUT2D eigenvalue weighted by Gasteiger charge is 2.23. The normalized spacial score (nSPS) is 15.3. The summed E-state index contributed by atoms with van der Waals surface area (Å²) in [5.41, 5.74) is 2.33. The van der Waals surface area contributed by atoms with Gasteiger partial charge in [-0.2, -0.15) is 0 Å². The lowest BCUT2D eigenvalue weighted by Crippen LogP contribution is -2.47. The van der Waals surface area contributed by atoms with Crippen molar-refractivity contribution >= 4 is 23.4 Å². The molecule has 1 fully saturated rings. The quantitative estimate of drug-likeness (QED) is 0.836. The second kappa shape index (κ2) is 8.20. The van der Waals surface area contributed by atoms with Crippen molar-refractivity contribution in [1.29, 1.82) is 0 Å². The van der Waals surface area contributed by atoms with Crippen molar-refractivity contribution in [2.75, 3.05) is 25.6 Å². The van der Waals surface area contributed by atoms with Gasteiger partial charge in [-0.05, 0) is 49.9 Å². The fraction of sp³-hybridized carbons (Fsp3) is 0.529. The molecule has 0 bridgehead atoms. The number of rotatable bonds is 5. The third-order valence-electron chi connectivity index (χ3n) is 4.18. The molecule has 0 unspecified atom stereocenters. The van der Waals surface area contributed by atoms with Crippen LogP contribution in [-0.2, 0) is 9.59 Å². The third kappa shape index (κ3) is 5.13. The molecule has 2 amide bonds. The molecule has 1 N–H and O–H groups in total. The molecule has 1 saturated heterocycles. The van der Waals surface area contributed by atoms with Crippen molar-refractivity contribution in [1.82, 2.24) is 10.2 Å². The summed E-state index contributed by atoms with van der Waals surface area (Å²) in [6.07, 6.45) is 1.50. The zero-order valence-electron chi connectivity index (χ0n) is 13.6. The van der Waals surface area contributed by atoms with Crippen LogP contribution in [0.2, 0.25) is 0 Å². The Bertz CT molecular complexity index is 569. The molecule has 1 aromatic carbocycles. The first-order chi connectivity index (χ1) is 11.0. The molecule has 1 aromatic rings. The number of ether oxygens (including phenoxy) is 1. The van der Waals surface area contributed by atoms with Crippen molar-refractivity contribution < 1.29 is 14.3 Å². The molecule has 0 atom stereocenters. The van der Waals surface area contributed by atoms with Crippen LogP contribution in [-0.4, -0.2) is 48.3 Å². The predicted molar refractivity (Wildman–Crippen MR) is 89.9 cm³/mol. The van der Waals surface area contributed by atoms with Gasteiger partial charge in [0.1, 0.15) is 11.6 Å². The van der Waals surface area contributed by atoms with E-state index in [1.54, 1.807) is 4.90 Å². The molecule has 0 aromatic heterocycles. The SMILES string of the molecule is Cc1ccc(OCC(=O)NC2CCN(C(=O)CCl)CC2)cc1C. The van der Waals surface area contributed by atoms with Crippen LogP contribution in [0.3, 0.4) is 0 Å². The van der Waals surface area contributed by atoms with Crippen LogP contribution in [0.1, 0.15) is 24.0 Å². The molecular weight excluding hydrogens is 316 g/mol. The molecule has 126 valence electrons. The lowest BCUT2D eigenvalue weighted by Gasteiger charge is -2.32. The van der Waals surface area contributed by atoms with E-state index >= 15 is 0 Å². The maximum atomic E-state index is 12.0. The zero-order chi connectivity index (χ0) is 16.8. The molecule has 1 aliphatic rings. The summed E-state index contributed by atoms with van der Waals surface area (Å²) < 4.78 is 5.53. The summed E-state index contributed by atoms with van der Waals surface area (Å²) in [5, 5.41) is 2.96. The van der Waals surface area contributed by atoms with E-state index in [4.69, 9.17) is 16.3 Å². The number of alkyl halides is 1. The number of nitrogens with one attached hydrogen (secondary N) is 1. The Balaban J connectivity index is 1.73. The predicted octanol–water partition coefficient (Wildman–Crippen LogP) is 2.03. The van der Waals surface area contributed by atoms with Crippen LogP contribution in [0, 0.1) is 13.8 Å². The summed E-state index contributed by atoms with van der Waals surface area (Å²) >= 11 is 5.55. The van der Waals surface area contributed by atoms with Crippen LogP contribution < -0.4 is 10.1 Å². The topological polar surface area (TPSA) is 58.6 Å².